The van der Waals surface area contributed by atoms with E-state index in [0.29, 0.717) is 24.9 Å². The number of sulfone groups is 1. The second-order valence-corrected chi connectivity index (χ2v) is 15.3. The Hall–Kier alpha value is -2.99. The molecule has 0 bridgehead atoms. The molecule has 43 heavy (non-hydrogen) atoms. The van der Waals surface area contributed by atoms with Crippen molar-refractivity contribution < 1.29 is 32.4 Å². The number of carbonyl (C=O) groups excluding carboxylic acids is 5. The SMILES string of the molecule is CC[C@H](CC(=O)N[C@@H](CC(C)(C)C)C(=O)NC(C[C@@H]1CCNC1=O)C(=O)C(=O)NC1CC1)c1ccc(S(C)(=O)=O)cc1Cl. The Morgan fingerprint density at radius 2 is 1.74 bits per heavy atom. The minimum Gasteiger partial charge on any atom is -0.356 e. The van der Waals surface area contributed by atoms with Gasteiger partial charge in [0.25, 0.3) is 5.91 Å². The van der Waals surface area contributed by atoms with Crippen LogP contribution < -0.4 is 21.3 Å². The summed E-state index contributed by atoms with van der Waals surface area (Å²) in [5.41, 5.74) is 0.226. The highest BCUT2D eigenvalue weighted by Gasteiger charge is 2.37. The minimum atomic E-state index is -3.46. The maximum Gasteiger partial charge on any atom is 0.289 e. The molecule has 11 nitrogen and oxygen atoms in total. The molecule has 1 aromatic carbocycles. The molecular weight excluding hydrogens is 596 g/mol. The quantitative estimate of drug-likeness (QED) is 0.227. The van der Waals surface area contributed by atoms with E-state index >= 15 is 0 Å². The molecule has 1 saturated carbocycles. The molecule has 13 heteroatoms. The first-order valence-corrected chi connectivity index (χ1v) is 17.0. The van der Waals surface area contributed by atoms with Gasteiger partial charge >= 0.3 is 0 Å². The fraction of sp³-hybridized carbons (Fsp3) is 0.633. The maximum absolute atomic E-state index is 13.6. The molecule has 0 spiro atoms. The van der Waals surface area contributed by atoms with Crippen LogP contribution in [0.5, 0.6) is 0 Å². The Bertz CT molecular complexity index is 1350. The van der Waals surface area contributed by atoms with E-state index in [1.54, 1.807) is 6.07 Å². The van der Waals surface area contributed by atoms with Crippen LogP contribution in [0, 0.1) is 11.3 Å². The second kappa shape index (κ2) is 14.2. The summed E-state index contributed by atoms with van der Waals surface area (Å²) in [5, 5.41) is 11.1. The van der Waals surface area contributed by atoms with Gasteiger partial charge in [-0.25, -0.2) is 8.42 Å². The van der Waals surface area contributed by atoms with E-state index < -0.39 is 56.8 Å². The van der Waals surface area contributed by atoms with Crippen LogP contribution in [0.2, 0.25) is 5.02 Å². The van der Waals surface area contributed by atoms with Gasteiger partial charge < -0.3 is 21.3 Å². The number of hydrogen-bond donors (Lipinski definition) is 4. The molecule has 1 aliphatic heterocycles. The minimum absolute atomic E-state index is 0.0171. The predicted molar refractivity (Wildman–Crippen MR) is 162 cm³/mol. The molecule has 2 aliphatic rings. The van der Waals surface area contributed by atoms with Crippen molar-refractivity contribution in [2.45, 2.75) is 102 Å². The first-order valence-electron chi connectivity index (χ1n) is 14.7. The summed E-state index contributed by atoms with van der Waals surface area (Å²) in [7, 11) is -3.46. The summed E-state index contributed by atoms with van der Waals surface area (Å²) in [4.78, 5) is 65.0. The normalized spacial score (nSPS) is 19.1. The predicted octanol–water partition coefficient (Wildman–Crippen LogP) is 2.41. The van der Waals surface area contributed by atoms with Crippen LogP contribution in [0.1, 0.15) is 84.1 Å². The van der Waals surface area contributed by atoms with Gasteiger partial charge in [0.05, 0.1) is 10.9 Å². The average Bonchev–Trinajstić information content (AvgIpc) is 3.63. The molecule has 3 rings (SSSR count). The maximum atomic E-state index is 13.6. The molecule has 0 radical (unpaired) electrons. The summed E-state index contributed by atoms with van der Waals surface area (Å²) >= 11 is 6.41. The van der Waals surface area contributed by atoms with Crippen LogP contribution in [0.3, 0.4) is 0 Å². The van der Waals surface area contributed by atoms with E-state index in [1.165, 1.54) is 12.1 Å². The highest BCUT2D eigenvalue weighted by atomic mass is 35.5. The molecule has 4 N–H and O–H groups in total. The van der Waals surface area contributed by atoms with Crippen molar-refractivity contribution in [3.05, 3.63) is 28.8 Å². The Kier molecular flexibility index (Phi) is 11.4. The van der Waals surface area contributed by atoms with E-state index in [9.17, 15) is 32.4 Å². The smallest absolute Gasteiger partial charge is 0.289 e. The Morgan fingerprint density at radius 1 is 1.07 bits per heavy atom. The van der Waals surface area contributed by atoms with Crippen LogP contribution >= 0.6 is 11.6 Å². The molecule has 238 valence electrons. The van der Waals surface area contributed by atoms with Gasteiger partial charge in [0.15, 0.2) is 9.84 Å². The van der Waals surface area contributed by atoms with Crippen molar-refractivity contribution in [3.63, 3.8) is 0 Å². The van der Waals surface area contributed by atoms with Crippen LogP contribution in [0.25, 0.3) is 0 Å². The van der Waals surface area contributed by atoms with Gasteiger partial charge in [0.2, 0.25) is 23.5 Å². The molecule has 4 amide bonds. The van der Waals surface area contributed by atoms with Crippen LogP contribution in [0.4, 0.5) is 0 Å². The van der Waals surface area contributed by atoms with Gasteiger partial charge in [0.1, 0.15) is 6.04 Å². The summed E-state index contributed by atoms with van der Waals surface area (Å²) in [6.45, 7) is 8.05. The Balaban J connectivity index is 1.76. The first-order chi connectivity index (χ1) is 20.0. The number of hydrogen-bond acceptors (Lipinski definition) is 7. The molecule has 1 saturated heterocycles. The number of ketones is 1. The number of carbonyl (C=O) groups is 5. The monoisotopic (exact) mass is 638 g/mol. The number of Topliss-reactive ketones (excluding diaryl/α,β-unsaturated/α-hetero) is 1. The van der Waals surface area contributed by atoms with E-state index in [1.807, 2.05) is 27.7 Å². The third-order valence-electron chi connectivity index (χ3n) is 7.69. The highest BCUT2D eigenvalue weighted by Crippen LogP contribution is 2.32. The summed E-state index contributed by atoms with van der Waals surface area (Å²) in [6, 6.07) is 2.11. The molecule has 1 aliphatic carbocycles. The number of benzene rings is 1. The van der Waals surface area contributed by atoms with Gasteiger partial charge in [-0.1, -0.05) is 45.4 Å². The lowest BCUT2D eigenvalue weighted by Crippen LogP contribution is -2.55. The molecule has 2 fully saturated rings. The third-order valence-corrected chi connectivity index (χ3v) is 9.12. The Morgan fingerprint density at radius 3 is 2.26 bits per heavy atom. The van der Waals surface area contributed by atoms with Gasteiger partial charge in [0, 0.05) is 36.2 Å². The van der Waals surface area contributed by atoms with Crippen LogP contribution in [0.15, 0.2) is 23.1 Å². The van der Waals surface area contributed by atoms with Crippen molar-refractivity contribution in [3.8, 4) is 0 Å². The van der Waals surface area contributed by atoms with E-state index in [4.69, 9.17) is 11.6 Å². The number of amides is 4. The zero-order valence-electron chi connectivity index (χ0n) is 25.4. The van der Waals surface area contributed by atoms with Crippen molar-refractivity contribution in [2.24, 2.45) is 11.3 Å². The van der Waals surface area contributed by atoms with Gasteiger partial charge in [-0.3, -0.25) is 24.0 Å². The molecule has 0 aromatic heterocycles. The lowest BCUT2D eigenvalue weighted by Gasteiger charge is -2.29. The summed E-state index contributed by atoms with van der Waals surface area (Å²) < 4.78 is 23.8. The number of nitrogens with one attached hydrogen (secondary N) is 4. The van der Waals surface area contributed by atoms with Crippen molar-refractivity contribution in [1.82, 2.24) is 21.3 Å². The lowest BCUT2D eigenvalue weighted by atomic mass is 9.87. The van der Waals surface area contributed by atoms with Gasteiger partial charge in [-0.2, -0.15) is 0 Å². The van der Waals surface area contributed by atoms with E-state index in [-0.39, 0.29) is 47.0 Å². The molecule has 4 atom stereocenters. The molecule has 1 unspecified atom stereocenters. The topological polar surface area (TPSA) is 168 Å². The fourth-order valence-electron chi connectivity index (χ4n) is 5.14. The molecular formula is C30H43ClN4O7S. The summed E-state index contributed by atoms with van der Waals surface area (Å²) in [5.74, 6) is -3.77. The van der Waals surface area contributed by atoms with Crippen molar-refractivity contribution in [2.75, 3.05) is 12.8 Å². The van der Waals surface area contributed by atoms with Crippen LogP contribution in [-0.2, 0) is 33.8 Å². The Labute approximate surface area is 258 Å². The second-order valence-electron chi connectivity index (χ2n) is 12.8. The van der Waals surface area contributed by atoms with Gasteiger partial charge in [-0.05, 0) is 67.6 Å². The number of rotatable bonds is 14. The first kappa shape index (κ1) is 34.5. The largest absolute Gasteiger partial charge is 0.356 e. The standard InChI is InChI=1S/C30H43ClN4O7S/c1-6-17(21-10-9-20(15-22(21)31)43(5,41)42)14-25(36)34-24(16-30(2,3)4)28(39)35-23(13-18-11-12-32-27(18)38)26(37)29(40)33-19-7-8-19/h9-10,15,17-19,23-24H,6-8,11-14,16H2,1-5H3,(H,32,38)(H,33,40)(H,34,36)(H,35,39)/t17-,18+,23?,24+/m1/s1. The van der Waals surface area contributed by atoms with Crippen molar-refractivity contribution in [1.29, 1.82) is 0 Å². The third kappa shape index (κ3) is 10.3. The van der Waals surface area contributed by atoms with Gasteiger partial charge in [-0.15, -0.1) is 0 Å². The van der Waals surface area contributed by atoms with Crippen molar-refractivity contribution >= 4 is 50.9 Å². The zero-order chi connectivity index (χ0) is 32.1. The fourth-order valence-corrected chi connectivity index (χ4v) is 6.19. The van der Waals surface area contributed by atoms with E-state index in [2.05, 4.69) is 21.3 Å². The number of halogens is 1. The zero-order valence-corrected chi connectivity index (χ0v) is 27.0. The van der Waals surface area contributed by atoms with Crippen LogP contribution in [-0.4, -0.2) is 68.8 Å². The average molecular weight is 639 g/mol. The molecule has 1 heterocycles. The molecule has 1 aromatic rings. The highest BCUT2D eigenvalue weighted by molar-refractivity contribution is 7.90. The van der Waals surface area contributed by atoms with E-state index in [0.717, 1.165) is 19.1 Å². The lowest BCUT2D eigenvalue weighted by molar-refractivity contribution is -0.141. The summed E-state index contributed by atoms with van der Waals surface area (Å²) in [6.07, 6.45) is 3.86.